The highest BCUT2D eigenvalue weighted by Crippen LogP contribution is 2.22. The first kappa shape index (κ1) is 26.9. The van der Waals surface area contributed by atoms with Crippen LogP contribution in [-0.4, -0.2) is 42.8 Å². The van der Waals surface area contributed by atoms with Gasteiger partial charge in [-0.1, -0.05) is 5.92 Å². The van der Waals surface area contributed by atoms with Gasteiger partial charge < -0.3 is 10.6 Å². The third-order valence-corrected chi connectivity index (χ3v) is 5.69. The molecule has 0 spiro atoms. The fourth-order valence-electron chi connectivity index (χ4n) is 4.06. The highest BCUT2D eigenvalue weighted by atomic mass is 35.5. The van der Waals surface area contributed by atoms with E-state index in [-0.39, 0.29) is 43.9 Å². The smallest absolute Gasteiger partial charge is 0.332 e. The van der Waals surface area contributed by atoms with Crippen LogP contribution in [0.4, 0.5) is 5.95 Å². The molecule has 0 aromatic carbocycles. The molecular weight excluding hydrogens is 479 g/mol. The number of anilines is 1. The lowest BCUT2D eigenvalue weighted by Crippen LogP contribution is -2.44. The average Bonchev–Trinajstić information content (AvgIpc) is 3.19. The highest BCUT2D eigenvalue weighted by Gasteiger charge is 2.26. The minimum atomic E-state index is -0.523. The average molecular weight is 505 g/mol. The van der Waals surface area contributed by atoms with Crippen molar-refractivity contribution in [2.75, 3.05) is 18.0 Å². The van der Waals surface area contributed by atoms with Crippen LogP contribution in [0, 0.1) is 23.2 Å². The van der Waals surface area contributed by atoms with Gasteiger partial charge in [0.15, 0.2) is 11.2 Å². The number of nitriles is 1. The number of imidazole rings is 1. The van der Waals surface area contributed by atoms with Crippen molar-refractivity contribution in [1.29, 1.82) is 5.26 Å². The summed E-state index contributed by atoms with van der Waals surface area (Å²) in [5.41, 5.74) is 6.41. The summed E-state index contributed by atoms with van der Waals surface area (Å²) in [6.07, 6.45) is 3.38. The topological polar surface area (TPSA) is 128 Å². The first-order valence-electron chi connectivity index (χ1n) is 10.4. The van der Waals surface area contributed by atoms with Gasteiger partial charge in [-0.05, 0) is 31.9 Å². The molecule has 1 aliphatic heterocycles. The molecule has 1 aliphatic rings. The van der Waals surface area contributed by atoms with E-state index < -0.39 is 11.2 Å². The second-order valence-corrected chi connectivity index (χ2v) is 7.79. The zero-order valence-electron chi connectivity index (χ0n) is 18.9. The minimum absolute atomic E-state index is 0. The summed E-state index contributed by atoms with van der Waals surface area (Å²) in [5.74, 6) is 6.45. The molecular formula is C22H26Cl2N8O2. The summed E-state index contributed by atoms with van der Waals surface area (Å²) >= 11 is 0. The first-order valence-corrected chi connectivity index (χ1v) is 10.4. The summed E-state index contributed by atoms with van der Waals surface area (Å²) < 4.78 is 4.20. The van der Waals surface area contributed by atoms with Crippen LogP contribution in [0.15, 0.2) is 27.9 Å². The van der Waals surface area contributed by atoms with Crippen LogP contribution in [0.5, 0.6) is 0 Å². The number of nitrogens with zero attached hydrogens (tertiary/aromatic N) is 7. The molecule has 3 aromatic heterocycles. The van der Waals surface area contributed by atoms with Crippen LogP contribution in [0.25, 0.3) is 11.2 Å². The number of fused-ring (bicyclic) bond motifs is 1. The van der Waals surface area contributed by atoms with Gasteiger partial charge in [0, 0.05) is 32.4 Å². The lowest BCUT2D eigenvalue weighted by molar-refractivity contribution is 0.496. The summed E-state index contributed by atoms with van der Waals surface area (Å²) in [5, 5.41) is 9.37. The Labute approximate surface area is 208 Å². The van der Waals surface area contributed by atoms with Crippen molar-refractivity contribution >= 4 is 41.9 Å². The zero-order chi connectivity index (χ0) is 22.8. The monoisotopic (exact) mass is 504 g/mol. The SMILES string of the molecule is CC#CCn1c(N2CCC[C@@H](N)C2)nc2c1c(=O)n(Cc1ncccc1C#N)c(=O)n2C.Cl.Cl. The Bertz CT molecular complexity index is 1410. The quantitative estimate of drug-likeness (QED) is 0.524. The number of piperidine rings is 1. The van der Waals surface area contributed by atoms with Gasteiger partial charge in [-0.25, -0.2) is 4.79 Å². The maximum atomic E-state index is 13.5. The number of rotatable bonds is 4. The highest BCUT2D eigenvalue weighted by molar-refractivity contribution is 5.85. The molecule has 1 fully saturated rings. The molecule has 0 radical (unpaired) electrons. The summed E-state index contributed by atoms with van der Waals surface area (Å²) in [6, 6.07) is 5.32. The Morgan fingerprint density at radius 2 is 2.03 bits per heavy atom. The Balaban J connectivity index is 0.00000204. The van der Waals surface area contributed by atoms with Crippen molar-refractivity contribution < 1.29 is 0 Å². The molecule has 0 unspecified atom stereocenters. The molecule has 12 heteroatoms. The van der Waals surface area contributed by atoms with Crippen LogP contribution < -0.4 is 21.9 Å². The van der Waals surface area contributed by atoms with Crippen molar-refractivity contribution in [3.63, 3.8) is 0 Å². The van der Waals surface area contributed by atoms with Crippen molar-refractivity contribution in [2.45, 2.75) is 38.9 Å². The van der Waals surface area contributed by atoms with Crippen LogP contribution in [0.1, 0.15) is 31.0 Å². The van der Waals surface area contributed by atoms with E-state index in [1.165, 1.54) is 10.8 Å². The molecule has 2 N–H and O–H groups in total. The van der Waals surface area contributed by atoms with E-state index in [0.717, 1.165) is 24.0 Å². The van der Waals surface area contributed by atoms with Gasteiger partial charge in [-0.15, -0.1) is 30.7 Å². The molecule has 1 saturated heterocycles. The molecule has 34 heavy (non-hydrogen) atoms. The van der Waals surface area contributed by atoms with Crippen molar-refractivity contribution in [3.05, 3.63) is 50.4 Å². The number of nitrogens with two attached hydrogens (primary N) is 1. The van der Waals surface area contributed by atoms with Crippen LogP contribution in [0.3, 0.4) is 0 Å². The van der Waals surface area contributed by atoms with Crippen LogP contribution >= 0.6 is 24.8 Å². The summed E-state index contributed by atoms with van der Waals surface area (Å²) in [4.78, 5) is 37.5. The van der Waals surface area contributed by atoms with Crippen molar-refractivity contribution in [1.82, 2.24) is 23.7 Å². The van der Waals surface area contributed by atoms with E-state index in [1.54, 1.807) is 30.7 Å². The predicted octanol–water partition coefficient (Wildman–Crippen LogP) is 1.01. The zero-order valence-corrected chi connectivity index (χ0v) is 20.5. The molecule has 4 rings (SSSR count). The molecule has 0 amide bonds. The van der Waals surface area contributed by atoms with Gasteiger partial charge in [0.05, 0.1) is 24.3 Å². The van der Waals surface area contributed by atoms with E-state index >= 15 is 0 Å². The molecule has 4 heterocycles. The molecule has 0 saturated carbocycles. The number of hydrogen-bond donors (Lipinski definition) is 1. The maximum absolute atomic E-state index is 13.5. The molecule has 10 nitrogen and oxygen atoms in total. The van der Waals surface area contributed by atoms with E-state index in [9.17, 15) is 14.9 Å². The number of aryl methyl sites for hydroxylation is 1. The standard InChI is InChI=1S/C22H24N8O2.2ClH/c1-3-4-11-29-18-19(26-21(29)28-10-6-8-16(24)13-28)27(2)22(32)30(20(18)31)14-17-15(12-23)7-5-9-25-17;;/h5,7,9,16H,6,8,10-11,13-14,24H2,1-2H3;2*1H/t16-;;/m1../s1. The predicted molar refractivity (Wildman–Crippen MR) is 135 cm³/mol. The van der Waals surface area contributed by atoms with Gasteiger partial charge in [-0.3, -0.25) is 23.5 Å². The van der Waals surface area contributed by atoms with Crippen LogP contribution in [-0.2, 0) is 20.1 Å². The molecule has 1 atom stereocenters. The summed E-state index contributed by atoms with van der Waals surface area (Å²) in [6.45, 7) is 3.26. The van der Waals surface area contributed by atoms with E-state index in [1.807, 2.05) is 4.90 Å². The Hall–Kier alpha value is -3.31. The fraction of sp³-hybridized carbons (Fsp3) is 0.409. The Morgan fingerprint density at radius 3 is 2.71 bits per heavy atom. The van der Waals surface area contributed by atoms with E-state index in [4.69, 9.17) is 5.73 Å². The number of hydrogen-bond acceptors (Lipinski definition) is 7. The normalized spacial score (nSPS) is 15.0. The number of pyridine rings is 1. The summed E-state index contributed by atoms with van der Waals surface area (Å²) in [7, 11) is 1.58. The minimum Gasteiger partial charge on any atom is -0.341 e. The molecule has 3 aromatic rings. The molecule has 0 aliphatic carbocycles. The number of aromatic nitrogens is 5. The van der Waals surface area contributed by atoms with Gasteiger partial charge in [0.25, 0.3) is 5.56 Å². The second kappa shape index (κ2) is 11.2. The lowest BCUT2D eigenvalue weighted by atomic mass is 10.1. The largest absolute Gasteiger partial charge is 0.341 e. The maximum Gasteiger partial charge on any atom is 0.332 e. The van der Waals surface area contributed by atoms with Crippen molar-refractivity contribution in [2.24, 2.45) is 12.8 Å². The van der Waals surface area contributed by atoms with E-state index in [0.29, 0.717) is 34.9 Å². The lowest BCUT2D eigenvalue weighted by Gasteiger charge is -2.31. The Kier molecular flexibility index (Phi) is 8.88. The van der Waals surface area contributed by atoms with Gasteiger partial charge in [-0.2, -0.15) is 10.2 Å². The first-order chi connectivity index (χ1) is 15.5. The van der Waals surface area contributed by atoms with Gasteiger partial charge in [0.1, 0.15) is 6.07 Å². The third-order valence-electron chi connectivity index (χ3n) is 5.69. The number of halogens is 2. The van der Waals surface area contributed by atoms with Crippen molar-refractivity contribution in [3.8, 4) is 17.9 Å². The third kappa shape index (κ3) is 4.80. The van der Waals surface area contributed by atoms with Gasteiger partial charge >= 0.3 is 5.69 Å². The van der Waals surface area contributed by atoms with Gasteiger partial charge in [0.2, 0.25) is 5.95 Å². The Morgan fingerprint density at radius 1 is 1.26 bits per heavy atom. The van der Waals surface area contributed by atoms with Crippen LogP contribution in [0.2, 0.25) is 0 Å². The molecule has 0 bridgehead atoms. The second-order valence-electron chi connectivity index (χ2n) is 7.79. The fourth-order valence-corrected chi connectivity index (χ4v) is 4.06. The van der Waals surface area contributed by atoms with E-state index in [2.05, 4.69) is 27.9 Å². The molecule has 180 valence electrons.